The largest absolute Gasteiger partial charge is 0.261 e. The van der Waals surface area contributed by atoms with E-state index in [-0.39, 0.29) is 0 Å². The quantitative estimate of drug-likeness (QED) is 0.701. The first-order valence-corrected chi connectivity index (χ1v) is 8.77. The maximum absolute atomic E-state index is 4.58. The summed E-state index contributed by atoms with van der Waals surface area (Å²) >= 11 is 0. The number of aryl methyl sites for hydroxylation is 1. The lowest BCUT2D eigenvalue weighted by molar-refractivity contribution is 0.562. The fraction of sp³-hybridized carbons (Fsp3) is 0.550. The van der Waals surface area contributed by atoms with Crippen molar-refractivity contribution >= 4 is 0 Å². The second kappa shape index (κ2) is 8.19. The van der Waals surface area contributed by atoms with Crippen molar-refractivity contribution < 1.29 is 0 Å². The summed E-state index contributed by atoms with van der Waals surface area (Å²) in [4.78, 5) is 13.6. The molecule has 0 aromatic carbocycles. The predicted octanol–water partition coefficient (Wildman–Crippen LogP) is 5.24. The van der Waals surface area contributed by atoms with Crippen molar-refractivity contribution in [2.45, 2.75) is 71.6 Å². The molecule has 23 heavy (non-hydrogen) atoms. The molecule has 124 valence electrons. The number of hydrogen-bond donors (Lipinski definition) is 0. The second-order valence-electron chi connectivity index (χ2n) is 6.84. The lowest BCUT2D eigenvalue weighted by Crippen LogP contribution is -2.03. The molecule has 0 aliphatic carbocycles. The SMILES string of the molecule is CCc1cnc([C@H](C)CCC(C)c2ccc(C(C)C)nc2)cn1. The smallest absolute Gasteiger partial charge is 0.0615 e. The minimum Gasteiger partial charge on any atom is -0.261 e. The summed E-state index contributed by atoms with van der Waals surface area (Å²) in [5.41, 5.74) is 4.66. The highest BCUT2D eigenvalue weighted by Crippen LogP contribution is 2.26. The van der Waals surface area contributed by atoms with Crippen molar-refractivity contribution in [3.63, 3.8) is 0 Å². The molecule has 0 saturated carbocycles. The van der Waals surface area contributed by atoms with E-state index in [1.165, 1.54) is 11.3 Å². The molecule has 0 spiro atoms. The number of nitrogens with zero attached hydrogens (tertiary/aromatic N) is 3. The Kier molecular flexibility index (Phi) is 6.26. The molecular weight excluding hydrogens is 282 g/mol. The van der Waals surface area contributed by atoms with Crippen LogP contribution in [0.3, 0.4) is 0 Å². The zero-order valence-electron chi connectivity index (χ0n) is 15.1. The van der Waals surface area contributed by atoms with Crippen LogP contribution in [0.15, 0.2) is 30.7 Å². The minimum absolute atomic E-state index is 0.443. The van der Waals surface area contributed by atoms with Gasteiger partial charge in [-0.1, -0.05) is 40.7 Å². The molecule has 3 heteroatoms. The molecule has 0 bridgehead atoms. The first-order valence-electron chi connectivity index (χ1n) is 8.77. The summed E-state index contributed by atoms with van der Waals surface area (Å²) in [6, 6.07) is 4.39. The van der Waals surface area contributed by atoms with Crippen molar-refractivity contribution in [1.29, 1.82) is 0 Å². The Morgan fingerprint density at radius 3 is 2.00 bits per heavy atom. The first kappa shape index (κ1) is 17.6. The molecule has 0 N–H and O–H groups in total. The summed E-state index contributed by atoms with van der Waals surface area (Å²) in [5, 5.41) is 0. The average molecular weight is 311 g/mol. The zero-order chi connectivity index (χ0) is 16.8. The van der Waals surface area contributed by atoms with Crippen molar-refractivity contribution in [2.24, 2.45) is 0 Å². The van der Waals surface area contributed by atoms with Crippen LogP contribution < -0.4 is 0 Å². The van der Waals surface area contributed by atoms with E-state index >= 15 is 0 Å². The van der Waals surface area contributed by atoms with Gasteiger partial charge >= 0.3 is 0 Å². The van der Waals surface area contributed by atoms with Crippen LogP contribution in [0.1, 0.15) is 87.9 Å². The molecule has 0 amide bonds. The molecule has 3 nitrogen and oxygen atoms in total. The van der Waals surface area contributed by atoms with Gasteiger partial charge in [-0.15, -0.1) is 0 Å². The summed E-state index contributed by atoms with van der Waals surface area (Å²) in [6.07, 6.45) is 9.09. The van der Waals surface area contributed by atoms with Gasteiger partial charge in [0.1, 0.15) is 0 Å². The molecule has 1 unspecified atom stereocenters. The Morgan fingerprint density at radius 2 is 1.48 bits per heavy atom. The lowest BCUT2D eigenvalue weighted by atomic mass is 9.91. The lowest BCUT2D eigenvalue weighted by Gasteiger charge is -2.16. The highest BCUT2D eigenvalue weighted by Gasteiger charge is 2.12. The van der Waals surface area contributed by atoms with E-state index in [1.54, 1.807) is 0 Å². The Labute approximate surface area is 140 Å². The fourth-order valence-electron chi connectivity index (χ4n) is 2.67. The van der Waals surface area contributed by atoms with Crippen LogP contribution in [-0.2, 0) is 6.42 Å². The van der Waals surface area contributed by atoms with Crippen molar-refractivity contribution in [3.05, 3.63) is 53.4 Å². The van der Waals surface area contributed by atoms with Crippen LogP contribution >= 0.6 is 0 Å². The van der Waals surface area contributed by atoms with Crippen molar-refractivity contribution in [1.82, 2.24) is 15.0 Å². The summed E-state index contributed by atoms with van der Waals surface area (Å²) in [5.74, 6) is 1.46. The molecular formula is C20H29N3. The number of pyridine rings is 1. The van der Waals surface area contributed by atoms with Crippen LogP contribution in [0.5, 0.6) is 0 Å². The van der Waals surface area contributed by atoms with Gasteiger partial charge in [0.25, 0.3) is 0 Å². The number of hydrogen-bond acceptors (Lipinski definition) is 3. The monoisotopic (exact) mass is 311 g/mol. The number of aromatic nitrogens is 3. The normalized spacial score (nSPS) is 14.0. The van der Waals surface area contributed by atoms with E-state index in [4.69, 9.17) is 0 Å². The average Bonchev–Trinajstić information content (AvgIpc) is 2.59. The third kappa shape index (κ3) is 4.85. The van der Waals surface area contributed by atoms with Gasteiger partial charge in [0.2, 0.25) is 0 Å². The Balaban J connectivity index is 1.90. The van der Waals surface area contributed by atoms with Gasteiger partial charge < -0.3 is 0 Å². The Morgan fingerprint density at radius 1 is 0.783 bits per heavy atom. The van der Waals surface area contributed by atoms with Gasteiger partial charge in [-0.05, 0) is 48.6 Å². The van der Waals surface area contributed by atoms with E-state index in [9.17, 15) is 0 Å². The van der Waals surface area contributed by atoms with Crippen molar-refractivity contribution in [3.8, 4) is 0 Å². The highest BCUT2D eigenvalue weighted by molar-refractivity contribution is 5.19. The number of rotatable bonds is 7. The maximum atomic E-state index is 4.58. The molecule has 0 aliphatic heterocycles. The molecule has 2 heterocycles. The maximum Gasteiger partial charge on any atom is 0.0615 e. The van der Waals surface area contributed by atoms with Crippen LogP contribution in [0.4, 0.5) is 0 Å². The van der Waals surface area contributed by atoms with E-state index in [0.29, 0.717) is 17.8 Å². The molecule has 0 saturated heterocycles. The van der Waals surface area contributed by atoms with Gasteiger partial charge in [-0.3, -0.25) is 15.0 Å². The van der Waals surface area contributed by atoms with Crippen molar-refractivity contribution in [2.75, 3.05) is 0 Å². The third-order valence-corrected chi connectivity index (χ3v) is 4.59. The van der Waals surface area contributed by atoms with Crippen LogP contribution in [0.2, 0.25) is 0 Å². The Hall–Kier alpha value is -1.77. The molecule has 0 radical (unpaired) electrons. The topological polar surface area (TPSA) is 38.7 Å². The van der Waals surface area contributed by atoms with Gasteiger partial charge in [-0.2, -0.15) is 0 Å². The van der Waals surface area contributed by atoms with E-state index in [2.05, 4.69) is 61.7 Å². The van der Waals surface area contributed by atoms with E-state index < -0.39 is 0 Å². The molecule has 2 atom stereocenters. The van der Waals surface area contributed by atoms with Gasteiger partial charge in [0, 0.05) is 24.3 Å². The summed E-state index contributed by atoms with van der Waals surface area (Å²) < 4.78 is 0. The van der Waals surface area contributed by atoms with Crippen LogP contribution in [0.25, 0.3) is 0 Å². The summed E-state index contributed by atoms with van der Waals surface area (Å²) in [7, 11) is 0. The molecule has 0 fully saturated rings. The van der Waals surface area contributed by atoms with Crippen LogP contribution in [-0.4, -0.2) is 15.0 Å². The van der Waals surface area contributed by atoms with Gasteiger partial charge in [0.15, 0.2) is 0 Å². The predicted molar refractivity (Wildman–Crippen MR) is 95.8 cm³/mol. The van der Waals surface area contributed by atoms with Gasteiger partial charge in [-0.25, -0.2) is 0 Å². The second-order valence-corrected chi connectivity index (χ2v) is 6.84. The van der Waals surface area contributed by atoms with Gasteiger partial charge in [0.05, 0.1) is 11.4 Å². The molecule has 2 aromatic rings. The molecule has 2 rings (SSSR count). The van der Waals surface area contributed by atoms with E-state index in [0.717, 1.165) is 30.7 Å². The molecule has 2 aromatic heterocycles. The van der Waals surface area contributed by atoms with E-state index in [1.807, 2.05) is 18.6 Å². The van der Waals surface area contributed by atoms with Crippen LogP contribution in [0, 0.1) is 0 Å². The molecule has 0 aliphatic rings. The fourth-order valence-corrected chi connectivity index (χ4v) is 2.67. The standard InChI is InChI=1S/C20H29N3/c1-6-18-12-23-20(13-21-18)16(5)8-7-15(4)17-9-10-19(14(2)3)22-11-17/h9-16H,6-8H2,1-5H3/t15?,16-/m1/s1. The highest BCUT2D eigenvalue weighted by atomic mass is 14.8. The Bertz CT molecular complexity index is 587. The first-order chi connectivity index (χ1) is 11.0. The zero-order valence-corrected chi connectivity index (χ0v) is 15.1. The summed E-state index contributed by atoms with van der Waals surface area (Å²) in [6.45, 7) is 11.0. The minimum atomic E-state index is 0.443. The third-order valence-electron chi connectivity index (χ3n) is 4.59.